The molecule has 4 rings (SSSR count). The molecular weight excluding hydrogens is 374 g/mol. The Morgan fingerprint density at radius 1 is 1.18 bits per heavy atom. The van der Waals surface area contributed by atoms with Crippen LogP contribution in [0.15, 0.2) is 47.6 Å². The van der Waals surface area contributed by atoms with Gasteiger partial charge in [-0.05, 0) is 48.4 Å². The van der Waals surface area contributed by atoms with E-state index in [4.69, 9.17) is 4.74 Å². The third-order valence-corrected chi connectivity index (χ3v) is 5.21. The zero-order valence-electron chi connectivity index (χ0n) is 15.5. The summed E-state index contributed by atoms with van der Waals surface area (Å²) in [6.07, 6.45) is 0.959. The van der Waals surface area contributed by atoms with E-state index < -0.39 is 0 Å². The van der Waals surface area contributed by atoms with Crippen LogP contribution in [-0.4, -0.2) is 38.9 Å². The molecule has 0 atom stereocenters. The fraction of sp³-hybridized carbons (Fsp3) is 0.200. The Morgan fingerprint density at radius 2 is 2.00 bits per heavy atom. The average Bonchev–Trinajstić information content (AvgIpc) is 3.09. The Balaban J connectivity index is 1.45. The highest BCUT2D eigenvalue weighted by Crippen LogP contribution is 2.25. The topological polar surface area (TPSA) is 92.8 Å². The van der Waals surface area contributed by atoms with Gasteiger partial charge in [0.05, 0.1) is 12.9 Å². The maximum absolute atomic E-state index is 12.2. The monoisotopic (exact) mass is 393 g/mol. The fourth-order valence-electron chi connectivity index (χ4n) is 2.89. The fourth-order valence-corrected chi connectivity index (χ4v) is 3.47. The van der Waals surface area contributed by atoms with Gasteiger partial charge in [-0.1, -0.05) is 24.8 Å². The lowest BCUT2D eigenvalue weighted by atomic mass is 10.1. The van der Waals surface area contributed by atoms with E-state index in [1.165, 1.54) is 17.3 Å². The molecule has 0 radical (unpaired) electrons. The lowest BCUT2D eigenvalue weighted by Gasteiger charge is -2.05. The molecule has 0 aliphatic heterocycles. The number of carbonyl (C=O) groups is 1. The van der Waals surface area contributed by atoms with Crippen LogP contribution in [-0.2, 0) is 11.2 Å². The number of aromatic nitrogens is 4. The first-order valence-electron chi connectivity index (χ1n) is 8.88. The van der Waals surface area contributed by atoms with E-state index in [1.54, 1.807) is 31.4 Å². The zero-order chi connectivity index (χ0) is 19.5. The molecule has 0 bridgehead atoms. The van der Waals surface area contributed by atoms with Crippen LogP contribution in [0, 0.1) is 0 Å². The minimum absolute atomic E-state index is 0.136. The minimum Gasteiger partial charge on any atom is -0.497 e. The van der Waals surface area contributed by atoms with Crippen molar-refractivity contribution in [1.82, 2.24) is 20.2 Å². The van der Waals surface area contributed by atoms with Gasteiger partial charge in [0.25, 0.3) is 0 Å². The molecular formula is C20H19N5O2S. The van der Waals surface area contributed by atoms with Crippen molar-refractivity contribution >= 4 is 45.4 Å². The number of rotatable bonds is 6. The molecule has 0 spiro atoms. The molecule has 142 valence electrons. The molecule has 0 unspecified atom stereocenters. The molecule has 0 fully saturated rings. The zero-order valence-corrected chi connectivity index (χ0v) is 16.3. The number of thioether (sulfide) groups is 1. The second-order valence-corrected chi connectivity index (χ2v) is 7.16. The number of nitrogens with one attached hydrogen (secondary N) is 2. The van der Waals surface area contributed by atoms with E-state index in [0.717, 1.165) is 28.6 Å². The number of H-pyrrole nitrogens is 1. The van der Waals surface area contributed by atoms with E-state index >= 15 is 0 Å². The number of anilines is 1. The number of hydrogen-bond acceptors (Lipinski definition) is 6. The Kier molecular flexibility index (Phi) is 5.12. The summed E-state index contributed by atoms with van der Waals surface area (Å²) in [6, 6.07) is 13.4. The summed E-state index contributed by atoms with van der Waals surface area (Å²) < 4.78 is 5.11. The number of carbonyl (C=O) groups excluding carboxylic acids is 1. The standard InChI is InChI=1S/C20H19N5O2S/c1-3-12-4-9-16-15(10-12)18-19(22-16)23-20(25-24-18)28-11-17(26)21-13-5-7-14(27-2)8-6-13/h4-10H,3,11H2,1-2H3,(H,21,26)(H,22,23,25). The second kappa shape index (κ2) is 7.85. The summed E-state index contributed by atoms with van der Waals surface area (Å²) in [6.45, 7) is 2.12. The number of ether oxygens (including phenoxy) is 1. The number of amides is 1. The number of hydrogen-bond donors (Lipinski definition) is 2. The SMILES string of the molecule is CCc1ccc2[nH]c3nc(SCC(=O)Nc4ccc(OC)cc4)nnc3c2c1. The van der Waals surface area contributed by atoms with E-state index in [0.29, 0.717) is 16.5 Å². The molecule has 0 aliphatic rings. The maximum atomic E-state index is 12.2. The number of nitrogens with zero attached hydrogens (tertiary/aromatic N) is 3. The molecule has 0 aliphatic carbocycles. The number of benzene rings is 2. The molecule has 2 aromatic heterocycles. The predicted octanol–water partition coefficient (Wildman–Crippen LogP) is 3.81. The molecule has 7 nitrogen and oxygen atoms in total. The van der Waals surface area contributed by atoms with Gasteiger partial charge < -0.3 is 15.0 Å². The van der Waals surface area contributed by atoms with Gasteiger partial charge in [-0.2, -0.15) is 0 Å². The summed E-state index contributed by atoms with van der Waals surface area (Å²) in [5, 5.41) is 12.8. The molecule has 8 heteroatoms. The van der Waals surface area contributed by atoms with Gasteiger partial charge in [0.15, 0.2) is 5.65 Å². The van der Waals surface area contributed by atoms with Crippen molar-refractivity contribution in [2.75, 3.05) is 18.2 Å². The van der Waals surface area contributed by atoms with Crippen molar-refractivity contribution < 1.29 is 9.53 Å². The maximum Gasteiger partial charge on any atom is 0.234 e. The van der Waals surface area contributed by atoms with Crippen LogP contribution >= 0.6 is 11.8 Å². The van der Waals surface area contributed by atoms with Gasteiger partial charge in [0.1, 0.15) is 11.3 Å². The lowest BCUT2D eigenvalue weighted by Crippen LogP contribution is -2.14. The normalized spacial score (nSPS) is 11.1. The summed E-state index contributed by atoms with van der Waals surface area (Å²) >= 11 is 1.25. The largest absolute Gasteiger partial charge is 0.497 e. The van der Waals surface area contributed by atoms with Crippen molar-refractivity contribution in [2.24, 2.45) is 0 Å². The number of aromatic amines is 1. The average molecular weight is 393 g/mol. The van der Waals surface area contributed by atoms with Crippen molar-refractivity contribution in [1.29, 1.82) is 0 Å². The quantitative estimate of drug-likeness (QED) is 0.484. The summed E-state index contributed by atoms with van der Waals surface area (Å²) in [4.78, 5) is 19.9. The molecule has 2 aromatic carbocycles. The van der Waals surface area contributed by atoms with Crippen LogP contribution in [0.1, 0.15) is 12.5 Å². The van der Waals surface area contributed by atoms with Gasteiger partial charge >= 0.3 is 0 Å². The Morgan fingerprint density at radius 3 is 2.75 bits per heavy atom. The van der Waals surface area contributed by atoms with Crippen LogP contribution in [0.5, 0.6) is 5.75 Å². The van der Waals surface area contributed by atoms with Crippen molar-refractivity contribution in [2.45, 2.75) is 18.5 Å². The van der Waals surface area contributed by atoms with Gasteiger partial charge in [-0.25, -0.2) is 4.98 Å². The molecule has 2 N–H and O–H groups in total. The lowest BCUT2D eigenvalue weighted by molar-refractivity contribution is -0.113. The highest BCUT2D eigenvalue weighted by Gasteiger charge is 2.11. The van der Waals surface area contributed by atoms with Gasteiger partial charge in [-0.15, -0.1) is 10.2 Å². The summed E-state index contributed by atoms with van der Waals surface area (Å²) in [5.74, 6) is 0.798. The van der Waals surface area contributed by atoms with Gasteiger partial charge in [-0.3, -0.25) is 4.79 Å². The number of methoxy groups -OCH3 is 1. The van der Waals surface area contributed by atoms with Gasteiger partial charge in [0.2, 0.25) is 11.1 Å². The highest BCUT2D eigenvalue weighted by atomic mass is 32.2. The molecule has 28 heavy (non-hydrogen) atoms. The van der Waals surface area contributed by atoms with Crippen LogP contribution in [0.2, 0.25) is 0 Å². The first-order valence-corrected chi connectivity index (χ1v) is 9.86. The third-order valence-electron chi connectivity index (χ3n) is 4.37. The van der Waals surface area contributed by atoms with Gasteiger partial charge in [0, 0.05) is 16.6 Å². The first-order chi connectivity index (χ1) is 13.7. The molecule has 2 heterocycles. The van der Waals surface area contributed by atoms with E-state index in [2.05, 4.69) is 44.5 Å². The third kappa shape index (κ3) is 3.77. The first kappa shape index (κ1) is 18.2. The minimum atomic E-state index is -0.136. The summed E-state index contributed by atoms with van der Waals surface area (Å²) in [7, 11) is 1.60. The molecule has 4 aromatic rings. The molecule has 0 saturated heterocycles. The van der Waals surface area contributed by atoms with Crippen molar-refractivity contribution in [3.8, 4) is 5.75 Å². The van der Waals surface area contributed by atoms with E-state index in [9.17, 15) is 4.79 Å². The highest BCUT2D eigenvalue weighted by molar-refractivity contribution is 7.99. The summed E-state index contributed by atoms with van der Waals surface area (Å²) in [5.41, 5.74) is 4.36. The van der Waals surface area contributed by atoms with Crippen molar-refractivity contribution in [3.63, 3.8) is 0 Å². The Bertz CT molecular complexity index is 1140. The Hall–Kier alpha value is -3.13. The van der Waals surface area contributed by atoms with Crippen LogP contribution in [0.4, 0.5) is 5.69 Å². The molecule has 1 amide bonds. The van der Waals surface area contributed by atoms with Crippen LogP contribution < -0.4 is 10.1 Å². The van der Waals surface area contributed by atoms with Crippen LogP contribution in [0.25, 0.3) is 22.1 Å². The van der Waals surface area contributed by atoms with Crippen LogP contribution in [0.3, 0.4) is 0 Å². The van der Waals surface area contributed by atoms with E-state index in [-0.39, 0.29) is 11.7 Å². The second-order valence-electron chi connectivity index (χ2n) is 6.22. The predicted molar refractivity (Wildman–Crippen MR) is 111 cm³/mol. The smallest absolute Gasteiger partial charge is 0.234 e. The van der Waals surface area contributed by atoms with Crippen molar-refractivity contribution in [3.05, 3.63) is 48.0 Å². The van der Waals surface area contributed by atoms with E-state index in [1.807, 2.05) is 6.07 Å². The molecule has 0 saturated carbocycles. The number of fused-ring (bicyclic) bond motifs is 3. The Labute approximate surface area is 165 Å². The number of aryl methyl sites for hydroxylation is 1.